The van der Waals surface area contributed by atoms with Crippen molar-refractivity contribution in [2.45, 2.75) is 20.0 Å². The van der Waals surface area contributed by atoms with Gasteiger partial charge in [-0.2, -0.15) is 0 Å². The monoisotopic (exact) mass is 355 g/mol. The minimum Gasteiger partial charge on any atom is -0.486 e. The number of pyridine rings is 1. The number of likely N-dealkylation sites (N-methyl/N-ethyl adjacent to an activating group) is 1. The second kappa shape index (κ2) is 8.08. The van der Waals surface area contributed by atoms with Crippen molar-refractivity contribution in [2.75, 3.05) is 38.2 Å². The van der Waals surface area contributed by atoms with E-state index < -0.39 is 0 Å². The topological polar surface area (TPSA) is 54.9 Å². The number of para-hydroxylation sites is 2. The summed E-state index contributed by atoms with van der Waals surface area (Å²) in [6, 6.07) is 11.3. The Hall–Kier alpha value is -2.76. The van der Waals surface area contributed by atoms with Crippen molar-refractivity contribution in [1.82, 2.24) is 9.88 Å². The molecular weight excluding hydrogens is 330 g/mol. The molecule has 0 N–H and O–H groups in total. The normalized spacial score (nSPS) is 15.4. The standard InChI is InChI=1S/C20H25N3O3/c1-4-23(5-2)19-11-10-15(12-21-19)20(24)22(3)13-16-14-25-17-8-6-7-9-18(17)26-16/h6-12,16H,4-5,13-14H2,1-3H3. The van der Waals surface area contributed by atoms with Gasteiger partial charge in [0.05, 0.1) is 12.1 Å². The smallest absolute Gasteiger partial charge is 0.255 e. The molecule has 0 saturated carbocycles. The van der Waals surface area contributed by atoms with Crippen LogP contribution in [0, 0.1) is 0 Å². The lowest BCUT2D eigenvalue weighted by atomic mass is 10.2. The second-order valence-electron chi connectivity index (χ2n) is 6.26. The van der Waals surface area contributed by atoms with Crippen molar-refractivity contribution < 1.29 is 14.3 Å². The fraction of sp³-hybridized carbons (Fsp3) is 0.400. The van der Waals surface area contributed by atoms with E-state index in [1.807, 2.05) is 36.4 Å². The number of fused-ring (bicyclic) bond motifs is 1. The lowest BCUT2D eigenvalue weighted by Gasteiger charge is -2.29. The molecule has 6 nitrogen and oxygen atoms in total. The number of hydrogen-bond donors (Lipinski definition) is 0. The molecule has 6 heteroatoms. The van der Waals surface area contributed by atoms with Crippen molar-refractivity contribution in [3.8, 4) is 11.5 Å². The summed E-state index contributed by atoms with van der Waals surface area (Å²) in [6.07, 6.45) is 1.45. The van der Waals surface area contributed by atoms with E-state index in [-0.39, 0.29) is 12.0 Å². The third kappa shape index (κ3) is 3.90. The molecular formula is C20H25N3O3. The third-order valence-electron chi connectivity index (χ3n) is 4.47. The summed E-state index contributed by atoms with van der Waals surface area (Å²) in [5.41, 5.74) is 0.570. The molecule has 0 spiro atoms. The van der Waals surface area contributed by atoms with Gasteiger partial charge in [0, 0.05) is 26.3 Å². The molecule has 1 unspecified atom stereocenters. The highest BCUT2D eigenvalue weighted by Gasteiger charge is 2.24. The first-order valence-corrected chi connectivity index (χ1v) is 8.97. The van der Waals surface area contributed by atoms with Crippen LogP contribution in [0.3, 0.4) is 0 Å². The van der Waals surface area contributed by atoms with Gasteiger partial charge in [-0.3, -0.25) is 4.79 Å². The molecule has 1 aliphatic heterocycles. The average molecular weight is 355 g/mol. The average Bonchev–Trinajstić information content (AvgIpc) is 2.69. The highest BCUT2D eigenvalue weighted by atomic mass is 16.6. The van der Waals surface area contributed by atoms with Gasteiger partial charge in [-0.15, -0.1) is 0 Å². The van der Waals surface area contributed by atoms with Crippen LogP contribution in [0.15, 0.2) is 42.6 Å². The summed E-state index contributed by atoms with van der Waals surface area (Å²) in [6.45, 7) is 6.82. The number of rotatable bonds is 6. The highest BCUT2D eigenvalue weighted by molar-refractivity contribution is 5.94. The second-order valence-corrected chi connectivity index (χ2v) is 6.26. The van der Waals surface area contributed by atoms with E-state index >= 15 is 0 Å². The van der Waals surface area contributed by atoms with E-state index in [0.29, 0.717) is 18.7 Å². The van der Waals surface area contributed by atoms with Gasteiger partial charge in [0.15, 0.2) is 17.6 Å². The predicted molar refractivity (Wildman–Crippen MR) is 101 cm³/mol. The Morgan fingerprint density at radius 3 is 2.54 bits per heavy atom. The maximum atomic E-state index is 12.7. The molecule has 0 radical (unpaired) electrons. The van der Waals surface area contributed by atoms with Gasteiger partial charge in [-0.25, -0.2) is 4.98 Å². The first-order chi connectivity index (χ1) is 12.6. The van der Waals surface area contributed by atoms with Crippen molar-refractivity contribution in [3.63, 3.8) is 0 Å². The van der Waals surface area contributed by atoms with Crippen LogP contribution in [-0.4, -0.2) is 55.2 Å². The molecule has 1 atom stereocenters. The molecule has 0 fully saturated rings. The van der Waals surface area contributed by atoms with E-state index in [2.05, 4.69) is 23.7 Å². The van der Waals surface area contributed by atoms with Crippen molar-refractivity contribution in [3.05, 3.63) is 48.2 Å². The van der Waals surface area contributed by atoms with E-state index in [0.717, 1.165) is 30.4 Å². The maximum absolute atomic E-state index is 12.7. The Kier molecular flexibility index (Phi) is 5.61. The first kappa shape index (κ1) is 18.0. The molecule has 2 heterocycles. The number of benzene rings is 1. The van der Waals surface area contributed by atoms with Gasteiger partial charge < -0.3 is 19.3 Å². The van der Waals surface area contributed by atoms with Gasteiger partial charge in [0.2, 0.25) is 0 Å². The molecule has 0 aliphatic carbocycles. The largest absolute Gasteiger partial charge is 0.486 e. The summed E-state index contributed by atoms with van der Waals surface area (Å²) >= 11 is 0. The van der Waals surface area contributed by atoms with Crippen LogP contribution < -0.4 is 14.4 Å². The van der Waals surface area contributed by atoms with Crippen LogP contribution in [0.1, 0.15) is 24.2 Å². The zero-order valence-electron chi connectivity index (χ0n) is 15.5. The highest BCUT2D eigenvalue weighted by Crippen LogP contribution is 2.31. The number of anilines is 1. The fourth-order valence-electron chi connectivity index (χ4n) is 3.01. The van der Waals surface area contributed by atoms with E-state index in [1.54, 1.807) is 18.1 Å². The van der Waals surface area contributed by atoms with Gasteiger partial charge in [-0.1, -0.05) is 12.1 Å². The predicted octanol–water partition coefficient (Wildman–Crippen LogP) is 2.84. The third-order valence-corrected chi connectivity index (χ3v) is 4.47. The number of hydrogen-bond acceptors (Lipinski definition) is 5. The van der Waals surface area contributed by atoms with Gasteiger partial charge in [0.1, 0.15) is 12.4 Å². The van der Waals surface area contributed by atoms with E-state index in [1.165, 1.54) is 0 Å². The zero-order chi connectivity index (χ0) is 18.5. The molecule has 1 amide bonds. The maximum Gasteiger partial charge on any atom is 0.255 e. The number of aromatic nitrogens is 1. The Morgan fingerprint density at radius 1 is 1.15 bits per heavy atom. The zero-order valence-corrected chi connectivity index (χ0v) is 15.5. The van der Waals surface area contributed by atoms with Crippen LogP contribution >= 0.6 is 0 Å². The van der Waals surface area contributed by atoms with Crippen LogP contribution in [-0.2, 0) is 0 Å². The summed E-state index contributed by atoms with van der Waals surface area (Å²) in [7, 11) is 1.77. The van der Waals surface area contributed by atoms with Gasteiger partial charge in [0.25, 0.3) is 5.91 Å². The summed E-state index contributed by atoms with van der Waals surface area (Å²) in [4.78, 5) is 20.9. The Bertz CT molecular complexity index is 744. The molecule has 0 bridgehead atoms. The van der Waals surface area contributed by atoms with Gasteiger partial charge in [-0.05, 0) is 38.1 Å². The molecule has 2 aromatic rings. The van der Waals surface area contributed by atoms with Crippen LogP contribution in [0.4, 0.5) is 5.82 Å². The van der Waals surface area contributed by atoms with Crippen LogP contribution in [0.25, 0.3) is 0 Å². The molecule has 138 valence electrons. The molecule has 3 rings (SSSR count). The van der Waals surface area contributed by atoms with E-state index in [4.69, 9.17) is 9.47 Å². The fourth-order valence-corrected chi connectivity index (χ4v) is 3.01. The number of nitrogens with zero attached hydrogens (tertiary/aromatic N) is 3. The van der Waals surface area contributed by atoms with Crippen LogP contribution in [0.5, 0.6) is 11.5 Å². The minimum atomic E-state index is -0.193. The van der Waals surface area contributed by atoms with Crippen molar-refractivity contribution >= 4 is 11.7 Å². The Balaban J connectivity index is 1.61. The lowest BCUT2D eigenvalue weighted by molar-refractivity contribution is 0.0520. The molecule has 1 aromatic heterocycles. The summed E-state index contributed by atoms with van der Waals surface area (Å²) < 4.78 is 11.6. The molecule has 1 aromatic carbocycles. The number of amides is 1. The van der Waals surface area contributed by atoms with Crippen molar-refractivity contribution in [1.29, 1.82) is 0 Å². The lowest BCUT2D eigenvalue weighted by Crippen LogP contribution is -2.41. The number of ether oxygens (including phenoxy) is 2. The Morgan fingerprint density at radius 2 is 1.88 bits per heavy atom. The number of carbonyl (C=O) groups is 1. The molecule has 1 aliphatic rings. The van der Waals surface area contributed by atoms with Gasteiger partial charge >= 0.3 is 0 Å². The first-order valence-electron chi connectivity index (χ1n) is 8.97. The van der Waals surface area contributed by atoms with Crippen molar-refractivity contribution in [2.24, 2.45) is 0 Å². The quantitative estimate of drug-likeness (QED) is 0.798. The summed E-state index contributed by atoms with van der Waals surface area (Å²) in [5, 5.41) is 0. The number of carbonyl (C=O) groups excluding carboxylic acids is 1. The Labute approximate surface area is 154 Å². The molecule has 0 saturated heterocycles. The summed E-state index contributed by atoms with van der Waals surface area (Å²) in [5.74, 6) is 2.27. The van der Waals surface area contributed by atoms with E-state index in [9.17, 15) is 4.79 Å². The SMILES string of the molecule is CCN(CC)c1ccc(C(=O)N(C)CC2COc3ccccc3O2)cn1. The molecule has 26 heavy (non-hydrogen) atoms. The minimum absolute atomic E-state index is 0.0777. The van der Waals surface area contributed by atoms with Crippen LogP contribution in [0.2, 0.25) is 0 Å².